The average molecular weight is 294 g/mol. The van der Waals surface area contributed by atoms with Crippen LogP contribution in [0.1, 0.15) is 6.92 Å². The number of aromatic nitrogens is 2. The Bertz CT molecular complexity index is 486. The summed E-state index contributed by atoms with van der Waals surface area (Å²) in [4.78, 5) is 22.3. The number of hydrogen-bond acceptors (Lipinski definition) is 3. The van der Waals surface area contributed by atoms with Crippen molar-refractivity contribution in [3.8, 4) is 0 Å². The monoisotopic (exact) mass is 294 g/mol. The molecule has 0 fully saturated rings. The fraction of sp³-hybridized carbons (Fsp3) is 0.500. The Hall–Kier alpha value is -2.26. The number of urea groups is 1. The minimum atomic E-state index is -4.68. The van der Waals surface area contributed by atoms with Crippen LogP contribution in [0, 0.1) is 0 Å². The lowest BCUT2D eigenvalue weighted by Gasteiger charge is -2.21. The Balaban J connectivity index is 2.74. The molecular weight excluding hydrogens is 281 g/mol. The van der Waals surface area contributed by atoms with E-state index in [0.717, 1.165) is 0 Å². The van der Waals surface area contributed by atoms with Gasteiger partial charge in [-0.1, -0.05) is 0 Å². The van der Waals surface area contributed by atoms with Crippen LogP contribution in [-0.2, 0) is 11.3 Å². The SMILES string of the molecule is CCn1cc(NC(=O)N(CC(=O)O)CC(F)(F)F)cn1. The highest BCUT2D eigenvalue weighted by Gasteiger charge is 2.34. The highest BCUT2D eigenvalue weighted by atomic mass is 19.4. The first-order chi connectivity index (χ1) is 9.21. The number of carboxylic acids is 1. The highest BCUT2D eigenvalue weighted by Crippen LogP contribution is 2.17. The molecule has 0 bridgehead atoms. The Labute approximate surface area is 112 Å². The largest absolute Gasteiger partial charge is 0.480 e. The molecule has 0 aliphatic carbocycles. The van der Waals surface area contributed by atoms with E-state index in [0.29, 0.717) is 6.54 Å². The van der Waals surface area contributed by atoms with Crippen molar-refractivity contribution in [3.63, 3.8) is 0 Å². The smallest absolute Gasteiger partial charge is 0.406 e. The first-order valence-corrected chi connectivity index (χ1v) is 5.58. The average Bonchev–Trinajstić information content (AvgIpc) is 2.73. The fourth-order valence-electron chi connectivity index (χ4n) is 1.38. The van der Waals surface area contributed by atoms with Crippen LogP contribution < -0.4 is 5.32 Å². The zero-order chi connectivity index (χ0) is 15.3. The van der Waals surface area contributed by atoms with Gasteiger partial charge in [0, 0.05) is 12.7 Å². The number of rotatable bonds is 5. The first kappa shape index (κ1) is 15.8. The van der Waals surface area contributed by atoms with Crippen LogP contribution in [0.2, 0.25) is 0 Å². The van der Waals surface area contributed by atoms with Crippen molar-refractivity contribution in [2.24, 2.45) is 0 Å². The summed E-state index contributed by atoms with van der Waals surface area (Å²) in [5.74, 6) is -1.53. The van der Waals surface area contributed by atoms with Crippen LogP contribution in [0.4, 0.5) is 23.7 Å². The quantitative estimate of drug-likeness (QED) is 0.859. The number of nitrogens with one attached hydrogen (secondary N) is 1. The second-order valence-electron chi connectivity index (χ2n) is 3.88. The lowest BCUT2D eigenvalue weighted by molar-refractivity contribution is -0.148. The summed E-state index contributed by atoms with van der Waals surface area (Å²) in [6, 6.07) is -1.15. The maximum Gasteiger partial charge on any atom is 0.406 e. The molecule has 0 spiro atoms. The normalized spacial score (nSPS) is 11.2. The number of anilines is 1. The minimum absolute atomic E-state index is 0.158. The van der Waals surface area contributed by atoms with Gasteiger partial charge in [-0.15, -0.1) is 0 Å². The van der Waals surface area contributed by atoms with Gasteiger partial charge in [0.05, 0.1) is 11.9 Å². The third kappa shape index (κ3) is 5.16. The Morgan fingerprint density at radius 2 is 2.15 bits per heavy atom. The van der Waals surface area contributed by atoms with E-state index in [-0.39, 0.29) is 10.6 Å². The molecule has 1 aromatic rings. The van der Waals surface area contributed by atoms with Gasteiger partial charge in [0.1, 0.15) is 13.1 Å². The summed E-state index contributed by atoms with van der Waals surface area (Å²) >= 11 is 0. The third-order valence-corrected chi connectivity index (χ3v) is 2.19. The predicted octanol–water partition coefficient (Wildman–Crippen LogP) is 1.38. The van der Waals surface area contributed by atoms with E-state index in [2.05, 4.69) is 10.4 Å². The molecule has 0 saturated heterocycles. The molecule has 20 heavy (non-hydrogen) atoms. The Kier molecular flexibility index (Phi) is 4.94. The van der Waals surface area contributed by atoms with Crippen molar-refractivity contribution in [3.05, 3.63) is 12.4 Å². The van der Waals surface area contributed by atoms with Crippen molar-refractivity contribution >= 4 is 17.7 Å². The molecule has 0 aliphatic rings. The highest BCUT2D eigenvalue weighted by molar-refractivity contribution is 5.91. The van der Waals surface area contributed by atoms with Crippen molar-refractivity contribution in [2.75, 3.05) is 18.4 Å². The predicted molar refractivity (Wildman–Crippen MR) is 62.2 cm³/mol. The molecule has 10 heteroatoms. The number of alkyl halides is 3. The summed E-state index contributed by atoms with van der Waals surface area (Å²) in [6.45, 7) is -0.378. The van der Waals surface area contributed by atoms with Gasteiger partial charge >= 0.3 is 18.2 Å². The topological polar surface area (TPSA) is 87.5 Å². The summed E-state index contributed by atoms with van der Waals surface area (Å²) in [5.41, 5.74) is 0.189. The second-order valence-corrected chi connectivity index (χ2v) is 3.88. The van der Waals surface area contributed by atoms with E-state index < -0.39 is 31.3 Å². The van der Waals surface area contributed by atoms with Gasteiger partial charge in [-0.25, -0.2) is 4.79 Å². The zero-order valence-corrected chi connectivity index (χ0v) is 10.5. The van der Waals surface area contributed by atoms with Gasteiger partial charge in [-0.3, -0.25) is 9.48 Å². The molecule has 1 heterocycles. The van der Waals surface area contributed by atoms with E-state index in [1.54, 1.807) is 6.92 Å². The molecule has 0 unspecified atom stereocenters. The van der Waals surface area contributed by atoms with Crippen molar-refractivity contribution in [1.29, 1.82) is 0 Å². The van der Waals surface area contributed by atoms with Gasteiger partial charge in [-0.2, -0.15) is 18.3 Å². The van der Waals surface area contributed by atoms with E-state index in [1.807, 2.05) is 0 Å². The zero-order valence-electron chi connectivity index (χ0n) is 10.5. The van der Waals surface area contributed by atoms with Crippen LogP contribution in [-0.4, -0.2) is 51.1 Å². The molecule has 0 aromatic carbocycles. The number of hydrogen-bond donors (Lipinski definition) is 2. The van der Waals surface area contributed by atoms with Crippen molar-refractivity contribution in [1.82, 2.24) is 14.7 Å². The molecule has 2 N–H and O–H groups in total. The third-order valence-electron chi connectivity index (χ3n) is 2.19. The minimum Gasteiger partial charge on any atom is -0.480 e. The number of aliphatic carboxylic acids is 1. The fourth-order valence-corrected chi connectivity index (χ4v) is 1.38. The molecule has 0 aliphatic heterocycles. The van der Waals surface area contributed by atoms with Crippen LogP contribution in [0.5, 0.6) is 0 Å². The molecule has 2 amide bonds. The molecule has 0 saturated carbocycles. The van der Waals surface area contributed by atoms with Crippen molar-refractivity contribution in [2.45, 2.75) is 19.6 Å². The molecule has 1 rings (SSSR count). The number of halogens is 3. The van der Waals surface area contributed by atoms with Gasteiger partial charge in [-0.05, 0) is 6.92 Å². The van der Waals surface area contributed by atoms with Gasteiger partial charge < -0.3 is 15.3 Å². The number of aryl methyl sites for hydroxylation is 1. The summed E-state index contributed by atoms with van der Waals surface area (Å²) in [7, 11) is 0. The standard InChI is InChI=1S/C10H13F3N4O3/c1-2-17-4-7(3-14-17)15-9(20)16(5-8(18)19)6-10(11,12)13/h3-4H,2,5-6H2,1H3,(H,15,20)(H,18,19). The summed E-state index contributed by atoms with van der Waals surface area (Å²) in [6.07, 6.45) is -2.00. The first-order valence-electron chi connectivity index (χ1n) is 5.58. The number of carbonyl (C=O) groups is 2. The van der Waals surface area contributed by atoms with Gasteiger partial charge in [0.25, 0.3) is 0 Å². The summed E-state index contributed by atoms with van der Waals surface area (Å²) < 4.78 is 38.3. The molecule has 0 radical (unpaired) electrons. The Morgan fingerprint density at radius 3 is 2.60 bits per heavy atom. The number of nitrogens with zero attached hydrogens (tertiary/aromatic N) is 3. The van der Waals surface area contributed by atoms with Crippen molar-refractivity contribution < 1.29 is 27.9 Å². The summed E-state index contributed by atoms with van der Waals surface area (Å²) in [5, 5.41) is 14.5. The van der Waals surface area contributed by atoms with Crippen LogP contribution in [0.25, 0.3) is 0 Å². The maximum absolute atomic E-state index is 12.3. The lowest BCUT2D eigenvalue weighted by Crippen LogP contribution is -2.44. The lowest BCUT2D eigenvalue weighted by atomic mass is 10.4. The van der Waals surface area contributed by atoms with Gasteiger partial charge in [0.2, 0.25) is 0 Å². The van der Waals surface area contributed by atoms with E-state index >= 15 is 0 Å². The van der Waals surface area contributed by atoms with Crippen LogP contribution in [0.15, 0.2) is 12.4 Å². The molecule has 0 atom stereocenters. The number of carboxylic acid groups (broad SMARTS) is 1. The molecule has 1 aromatic heterocycles. The van der Waals surface area contributed by atoms with E-state index in [4.69, 9.17) is 5.11 Å². The number of amides is 2. The Morgan fingerprint density at radius 1 is 1.50 bits per heavy atom. The maximum atomic E-state index is 12.3. The second kappa shape index (κ2) is 6.26. The molecule has 112 valence electrons. The van der Waals surface area contributed by atoms with E-state index in [1.165, 1.54) is 17.1 Å². The van der Waals surface area contributed by atoms with Crippen LogP contribution in [0.3, 0.4) is 0 Å². The molecular formula is C10H13F3N4O3. The van der Waals surface area contributed by atoms with E-state index in [9.17, 15) is 22.8 Å². The molecule has 7 nitrogen and oxygen atoms in total. The number of carbonyl (C=O) groups excluding carboxylic acids is 1. The van der Waals surface area contributed by atoms with Crippen LogP contribution >= 0.6 is 0 Å². The van der Waals surface area contributed by atoms with Gasteiger partial charge in [0.15, 0.2) is 0 Å².